The zero-order valence-corrected chi connectivity index (χ0v) is 5.53. The molecule has 0 nitrogen and oxygen atoms in total. The van der Waals surface area contributed by atoms with Crippen molar-refractivity contribution in [2.45, 2.75) is 11.9 Å². The van der Waals surface area contributed by atoms with Crippen molar-refractivity contribution < 1.29 is 4.39 Å². The van der Waals surface area contributed by atoms with E-state index in [1.807, 2.05) is 11.8 Å². The van der Waals surface area contributed by atoms with Crippen molar-refractivity contribution >= 4 is 23.5 Å². The van der Waals surface area contributed by atoms with Gasteiger partial charge in [0.1, 0.15) is 5.50 Å². The largest absolute Gasteiger partial charge is 0.236 e. The van der Waals surface area contributed by atoms with Crippen molar-refractivity contribution in [3.05, 3.63) is 0 Å². The van der Waals surface area contributed by atoms with Gasteiger partial charge < -0.3 is 0 Å². The minimum atomic E-state index is -0.568. The molecule has 42 valence electrons. The summed E-state index contributed by atoms with van der Waals surface area (Å²) in [6, 6.07) is 0. The second kappa shape index (κ2) is 2.82. The van der Waals surface area contributed by atoms with Gasteiger partial charge in [-0.05, 0) is 12.2 Å². The highest BCUT2D eigenvalue weighted by atomic mass is 32.2. The summed E-state index contributed by atoms with van der Waals surface area (Å²) < 4.78 is 12.1. The average Bonchev–Trinajstić information content (AvgIpc) is 1.69. The highest BCUT2D eigenvalue weighted by Gasteiger charge is 2.10. The van der Waals surface area contributed by atoms with Gasteiger partial charge in [0.2, 0.25) is 0 Å². The maximum absolute atomic E-state index is 12.1. The van der Waals surface area contributed by atoms with Crippen LogP contribution in [-0.4, -0.2) is 16.3 Å². The van der Waals surface area contributed by atoms with Gasteiger partial charge in [-0.3, -0.25) is 0 Å². The Morgan fingerprint density at radius 2 is 2.43 bits per heavy atom. The zero-order chi connectivity index (χ0) is 5.11. The molecule has 0 saturated carbocycles. The number of thioether (sulfide) groups is 2. The fourth-order valence-corrected chi connectivity index (χ4v) is 2.69. The van der Waals surface area contributed by atoms with E-state index in [0.717, 1.165) is 17.3 Å². The summed E-state index contributed by atoms with van der Waals surface area (Å²) >= 11 is 3.24. The number of hydrogen-bond donors (Lipinski definition) is 0. The van der Waals surface area contributed by atoms with Gasteiger partial charge in [0, 0.05) is 5.08 Å². The fourth-order valence-electron chi connectivity index (χ4n) is 0.440. The molecule has 0 aromatic rings. The first-order valence-corrected chi connectivity index (χ1v) is 4.43. The molecule has 1 heterocycles. The smallest absolute Gasteiger partial charge is 0.147 e. The molecule has 0 aromatic carbocycles. The van der Waals surface area contributed by atoms with E-state index in [2.05, 4.69) is 0 Å². The number of rotatable bonds is 0. The van der Waals surface area contributed by atoms with Crippen LogP contribution in [0.1, 0.15) is 6.42 Å². The first-order chi connectivity index (χ1) is 3.39. The Morgan fingerprint density at radius 3 is 2.71 bits per heavy atom. The number of alkyl halides is 1. The Labute approximate surface area is 51.2 Å². The van der Waals surface area contributed by atoms with Gasteiger partial charge in [0.05, 0.1) is 0 Å². The van der Waals surface area contributed by atoms with Gasteiger partial charge in [0.25, 0.3) is 0 Å². The molecule has 0 N–H and O–H groups in total. The molecular formula is C4H7FS2. The Balaban J connectivity index is 2.12. The third kappa shape index (κ3) is 1.91. The van der Waals surface area contributed by atoms with E-state index in [4.69, 9.17) is 0 Å². The molecule has 0 spiro atoms. The molecule has 0 radical (unpaired) electrons. The number of hydrogen-bond acceptors (Lipinski definition) is 2. The molecule has 7 heavy (non-hydrogen) atoms. The van der Waals surface area contributed by atoms with Crippen molar-refractivity contribution in [2.75, 3.05) is 10.8 Å². The predicted molar refractivity (Wildman–Crippen MR) is 34.4 cm³/mol. The lowest BCUT2D eigenvalue weighted by Crippen LogP contribution is -2.01. The van der Waals surface area contributed by atoms with E-state index in [9.17, 15) is 4.39 Å². The Morgan fingerprint density at radius 1 is 1.57 bits per heavy atom. The molecule has 0 bridgehead atoms. The Bertz CT molecular complexity index is 51.7. The van der Waals surface area contributed by atoms with E-state index in [0.29, 0.717) is 0 Å². The summed E-state index contributed by atoms with van der Waals surface area (Å²) in [4.78, 5) is 0. The lowest BCUT2D eigenvalue weighted by Gasteiger charge is -2.11. The second-order valence-electron chi connectivity index (χ2n) is 1.39. The molecule has 1 aliphatic rings. The molecule has 1 rings (SSSR count). The molecule has 1 saturated heterocycles. The molecule has 1 atom stereocenters. The first kappa shape index (κ1) is 5.76. The van der Waals surface area contributed by atoms with Crippen molar-refractivity contribution in [1.29, 1.82) is 0 Å². The van der Waals surface area contributed by atoms with Gasteiger partial charge in [-0.25, -0.2) is 4.39 Å². The Kier molecular flexibility index (Phi) is 2.32. The molecule has 3 heteroatoms. The van der Waals surface area contributed by atoms with Gasteiger partial charge in [-0.15, -0.1) is 11.8 Å². The van der Waals surface area contributed by atoms with E-state index in [1.54, 1.807) is 0 Å². The van der Waals surface area contributed by atoms with Gasteiger partial charge in [-0.2, -0.15) is 11.8 Å². The monoisotopic (exact) mass is 138 g/mol. The molecule has 0 aliphatic carbocycles. The van der Waals surface area contributed by atoms with Crippen molar-refractivity contribution in [3.63, 3.8) is 0 Å². The summed E-state index contributed by atoms with van der Waals surface area (Å²) in [7, 11) is 0. The van der Waals surface area contributed by atoms with Crippen LogP contribution in [0.2, 0.25) is 0 Å². The molecule has 0 aromatic heterocycles. The molecule has 1 unspecified atom stereocenters. The normalized spacial score (nSPS) is 33.0. The average molecular weight is 138 g/mol. The van der Waals surface area contributed by atoms with E-state index in [-0.39, 0.29) is 0 Å². The molecule has 1 fully saturated rings. The van der Waals surface area contributed by atoms with Crippen LogP contribution < -0.4 is 0 Å². The quantitative estimate of drug-likeness (QED) is 0.503. The maximum Gasteiger partial charge on any atom is 0.147 e. The fraction of sp³-hybridized carbons (Fsp3) is 1.00. The minimum absolute atomic E-state index is 0.568. The third-order valence-electron chi connectivity index (χ3n) is 0.821. The van der Waals surface area contributed by atoms with Crippen LogP contribution in [0.15, 0.2) is 0 Å². The van der Waals surface area contributed by atoms with Crippen LogP contribution in [0.3, 0.4) is 0 Å². The van der Waals surface area contributed by atoms with Crippen LogP contribution in [-0.2, 0) is 0 Å². The third-order valence-corrected chi connectivity index (χ3v) is 3.15. The Hall–Kier alpha value is 0.630. The van der Waals surface area contributed by atoms with Crippen LogP contribution in [0.4, 0.5) is 4.39 Å². The zero-order valence-electron chi connectivity index (χ0n) is 3.89. The first-order valence-electron chi connectivity index (χ1n) is 2.23. The van der Waals surface area contributed by atoms with Gasteiger partial charge in [0.15, 0.2) is 0 Å². The van der Waals surface area contributed by atoms with Gasteiger partial charge >= 0.3 is 0 Å². The highest BCUT2D eigenvalue weighted by molar-refractivity contribution is 8.16. The predicted octanol–water partition coefficient (Wildman–Crippen LogP) is 2.11. The van der Waals surface area contributed by atoms with Crippen molar-refractivity contribution in [2.24, 2.45) is 0 Å². The van der Waals surface area contributed by atoms with Crippen LogP contribution in [0.25, 0.3) is 0 Å². The summed E-state index contributed by atoms with van der Waals surface area (Å²) in [6.07, 6.45) is 0.745. The standard InChI is InChI=1S/C4H7FS2/c5-4-1-2-6-3-7-4/h4H,1-3H2. The van der Waals surface area contributed by atoms with Crippen LogP contribution in [0.5, 0.6) is 0 Å². The maximum atomic E-state index is 12.1. The van der Waals surface area contributed by atoms with Crippen LogP contribution >= 0.6 is 23.5 Å². The number of halogens is 1. The minimum Gasteiger partial charge on any atom is -0.236 e. The highest BCUT2D eigenvalue weighted by Crippen LogP contribution is 2.28. The van der Waals surface area contributed by atoms with Crippen molar-refractivity contribution in [3.8, 4) is 0 Å². The lowest BCUT2D eigenvalue weighted by molar-refractivity contribution is 0.444. The van der Waals surface area contributed by atoms with Crippen LogP contribution in [0, 0.1) is 0 Å². The second-order valence-corrected chi connectivity index (χ2v) is 4.00. The summed E-state index contributed by atoms with van der Waals surface area (Å²) in [5.74, 6) is 1.01. The SMILES string of the molecule is FC1CCSCS1. The molecular weight excluding hydrogens is 131 g/mol. The summed E-state index contributed by atoms with van der Waals surface area (Å²) in [6.45, 7) is 0. The topological polar surface area (TPSA) is 0 Å². The van der Waals surface area contributed by atoms with Gasteiger partial charge in [-0.1, -0.05) is 0 Å². The lowest BCUT2D eigenvalue weighted by atomic mass is 10.5. The van der Waals surface area contributed by atoms with E-state index in [1.165, 1.54) is 11.8 Å². The van der Waals surface area contributed by atoms with E-state index < -0.39 is 5.50 Å². The molecule has 1 aliphatic heterocycles. The summed E-state index contributed by atoms with van der Waals surface area (Å²) in [5.41, 5.74) is -0.568. The van der Waals surface area contributed by atoms with E-state index >= 15 is 0 Å². The van der Waals surface area contributed by atoms with Crippen molar-refractivity contribution in [1.82, 2.24) is 0 Å². The summed E-state index contributed by atoms with van der Waals surface area (Å²) in [5, 5.41) is 0.946. The molecule has 0 amide bonds.